The van der Waals surface area contributed by atoms with Gasteiger partial charge >= 0.3 is 0 Å². The van der Waals surface area contributed by atoms with Crippen molar-refractivity contribution in [1.29, 1.82) is 5.26 Å². The van der Waals surface area contributed by atoms with Gasteiger partial charge in [-0.2, -0.15) is 5.26 Å². The van der Waals surface area contributed by atoms with Crippen molar-refractivity contribution in [2.75, 3.05) is 6.54 Å². The Labute approximate surface area is 87.1 Å². The highest BCUT2D eigenvalue weighted by Gasteiger charge is 2.15. The van der Waals surface area contributed by atoms with Crippen LogP contribution in [-0.2, 0) is 0 Å². The van der Waals surface area contributed by atoms with Crippen molar-refractivity contribution in [1.82, 2.24) is 10.3 Å². The Bertz CT molecular complexity index is 380. The Morgan fingerprint density at radius 1 is 1.87 bits per heavy atom. The van der Waals surface area contributed by atoms with Crippen LogP contribution in [0, 0.1) is 11.3 Å². The molecule has 1 rings (SSSR count). The van der Waals surface area contributed by atoms with E-state index in [0.29, 0.717) is 12.3 Å². The lowest BCUT2D eigenvalue weighted by Crippen LogP contribution is -2.24. The molecule has 6 nitrogen and oxygen atoms in total. The molecule has 0 radical (unpaired) electrons. The van der Waals surface area contributed by atoms with Crippen molar-refractivity contribution in [3.05, 3.63) is 17.8 Å². The van der Waals surface area contributed by atoms with Crippen LogP contribution in [0.15, 0.2) is 10.7 Å². The number of aromatic nitrogens is 1. The number of rotatable bonds is 4. The van der Waals surface area contributed by atoms with E-state index in [1.807, 2.05) is 6.92 Å². The second-order valence-electron chi connectivity index (χ2n) is 2.93. The summed E-state index contributed by atoms with van der Waals surface area (Å²) in [4.78, 5) is 15.2. The molecule has 3 N–H and O–H groups in total. The second kappa shape index (κ2) is 5.12. The summed E-state index contributed by atoms with van der Waals surface area (Å²) in [6.07, 6.45) is 1.91. The predicted molar refractivity (Wildman–Crippen MR) is 51.7 cm³/mol. The first kappa shape index (κ1) is 11.2. The van der Waals surface area contributed by atoms with Crippen LogP contribution in [0.1, 0.15) is 35.8 Å². The fourth-order valence-corrected chi connectivity index (χ4v) is 0.947. The van der Waals surface area contributed by atoms with E-state index < -0.39 is 5.91 Å². The maximum atomic E-state index is 11.3. The summed E-state index contributed by atoms with van der Waals surface area (Å²) < 4.78 is 5.04. The molecule has 1 unspecified atom stereocenters. The Morgan fingerprint density at radius 2 is 2.60 bits per heavy atom. The number of carbonyl (C=O) groups excluding carboxylic acids is 1. The highest BCUT2D eigenvalue weighted by atomic mass is 16.3. The van der Waals surface area contributed by atoms with E-state index in [1.54, 1.807) is 6.07 Å². The normalized spacial score (nSPS) is 11.8. The van der Waals surface area contributed by atoms with Gasteiger partial charge in [0.2, 0.25) is 5.89 Å². The second-order valence-corrected chi connectivity index (χ2v) is 2.93. The van der Waals surface area contributed by atoms with Crippen molar-refractivity contribution in [2.24, 2.45) is 5.73 Å². The zero-order chi connectivity index (χ0) is 11.3. The fraction of sp³-hybridized carbons (Fsp3) is 0.444. The van der Waals surface area contributed by atoms with Crippen molar-refractivity contribution in [3.63, 3.8) is 0 Å². The molecule has 1 aromatic rings. The molecule has 0 saturated carbocycles. The SMILES string of the molecule is CCC(N)c1nc(C(=O)NCC#N)co1. The van der Waals surface area contributed by atoms with E-state index in [2.05, 4.69) is 10.3 Å². The van der Waals surface area contributed by atoms with Crippen molar-refractivity contribution in [3.8, 4) is 6.07 Å². The quantitative estimate of drug-likeness (QED) is 0.694. The molecule has 0 aliphatic carbocycles. The average molecular weight is 208 g/mol. The molecular weight excluding hydrogens is 196 g/mol. The van der Waals surface area contributed by atoms with Gasteiger partial charge in [0.25, 0.3) is 5.91 Å². The monoisotopic (exact) mass is 208 g/mol. The Kier molecular flexibility index (Phi) is 3.83. The molecule has 0 saturated heterocycles. The number of nitrogens with one attached hydrogen (secondary N) is 1. The van der Waals surface area contributed by atoms with E-state index in [-0.39, 0.29) is 18.3 Å². The highest BCUT2D eigenvalue weighted by Crippen LogP contribution is 2.12. The van der Waals surface area contributed by atoms with Crippen molar-refractivity contribution in [2.45, 2.75) is 19.4 Å². The molecule has 0 bridgehead atoms. The van der Waals surface area contributed by atoms with E-state index in [4.69, 9.17) is 15.4 Å². The zero-order valence-electron chi connectivity index (χ0n) is 8.36. The first-order valence-corrected chi connectivity index (χ1v) is 4.55. The summed E-state index contributed by atoms with van der Waals surface area (Å²) in [6, 6.07) is 1.49. The van der Waals surface area contributed by atoms with Crippen LogP contribution >= 0.6 is 0 Å². The van der Waals surface area contributed by atoms with Crippen LogP contribution in [0.25, 0.3) is 0 Å². The lowest BCUT2D eigenvalue weighted by Gasteiger charge is -2.00. The van der Waals surface area contributed by atoms with Crippen LogP contribution < -0.4 is 11.1 Å². The molecule has 0 aliphatic rings. The van der Waals surface area contributed by atoms with Crippen molar-refractivity contribution >= 4 is 5.91 Å². The average Bonchev–Trinajstić information content (AvgIpc) is 2.74. The third kappa shape index (κ3) is 2.79. The summed E-state index contributed by atoms with van der Waals surface area (Å²) in [5.74, 6) is -0.102. The lowest BCUT2D eigenvalue weighted by atomic mass is 10.2. The summed E-state index contributed by atoms with van der Waals surface area (Å²) in [6.45, 7) is 1.84. The van der Waals surface area contributed by atoms with Gasteiger partial charge in [0.15, 0.2) is 5.69 Å². The molecule has 0 spiro atoms. The van der Waals surface area contributed by atoms with Crippen LogP contribution in [0.3, 0.4) is 0 Å². The van der Waals surface area contributed by atoms with E-state index in [9.17, 15) is 4.79 Å². The Hall–Kier alpha value is -1.87. The number of hydrogen-bond acceptors (Lipinski definition) is 5. The number of nitriles is 1. The molecular formula is C9H12N4O2. The van der Waals surface area contributed by atoms with E-state index in [0.717, 1.165) is 0 Å². The third-order valence-electron chi connectivity index (χ3n) is 1.84. The molecule has 80 valence electrons. The number of nitrogens with two attached hydrogens (primary N) is 1. The Balaban J connectivity index is 2.68. The van der Waals surface area contributed by atoms with Gasteiger partial charge in [-0.3, -0.25) is 4.79 Å². The summed E-state index contributed by atoms with van der Waals surface area (Å²) in [7, 11) is 0. The number of amides is 1. The molecule has 0 aromatic carbocycles. The van der Waals surface area contributed by atoms with Gasteiger partial charge in [-0.15, -0.1) is 0 Å². The maximum Gasteiger partial charge on any atom is 0.274 e. The fourth-order valence-electron chi connectivity index (χ4n) is 0.947. The minimum atomic E-state index is -0.435. The van der Waals surface area contributed by atoms with Crippen LogP contribution in [0.2, 0.25) is 0 Å². The lowest BCUT2D eigenvalue weighted by molar-refractivity contribution is 0.0953. The molecule has 1 heterocycles. The standard InChI is InChI=1S/C9H12N4O2/c1-2-6(11)9-13-7(5-15-9)8(14)12-4-3-10/h5-6H,2,4,11H2,1H3,(H,12,14). The first-order valence-electron chi connectivity index (χ1n) is 4.55. The van der Waals surface area contributed by atoms with Crippen molar-refractivity contribution < 1.29 is 9.21 Å². The largest absolute Gasteiger partial charge is 0.446 e. The van der Waals surface area contributed by atoms with Gasteiger partial charge in [0, 0.05) is 0 Å². The zero-order valence-corrected chi connectivity index (χ0v) is 8.36. The predicted octanol–water partition coefficient (Wildman–Crippen LogP) is 0.338. The van der Waals surface area contributed by atoms with Crippen LogP contribution in [-0.4, -0.2) is 17.4 Å². The summed E-state index contributed by atoms with van der Waals surface area (Å²) >= 11 is 0. The van der Waals surface area contributed by atoms with Gasteiger partial charge in [-0.1, -0.05) is 6.92 Å². The van der Waals surface area contributed by atoms with E-state index in [1.165, 1.54) is 6.26 Å². The summed E-state index contributed by atoms with van der Waals surface area (Å²) in [5.41, 5.74) is 5.81. The minimum Gasteiger partial charge on any atom is -0.446 e. The van der Waals surface area contributed by atoms with Gasteiger partial charge < -0.3 is 15.5 Å². The molecule has 1 atom stereocenters. The molecule has 1 amide bonds. The third-order valence-corrected chi connectivity index (χ3v) is 1.84. The first-order chi connectivity index (χ1) is 7.19. The smallest absolute Gasteiger partial charge is 0.274 e. The molecule has 1 aromatic heterocycles. The number of nitrogens with zero attached hydrogens (tertiary/aromatic N) is 2. The maximum absolute atomic E-state index is 11.3. The van der Waals surface area contributed by atoms with Gasteiger partial charge in [-0.25, -0.2) is 4.98 Å². The number of oxazole rings is 1. The highest BCUT2D eigenvalue weighted by molar-refractivity contribution is 5.92. The molecule has 15 heavy (non-hydrogen) atoms. The van der Waals surface area contributed by atoms with Gasteiger partial charge in [-0.05, 0) is 6.42 Å². The number of carbonyl (C=O) groups is 1. The minimum absolute atomic E-state index is 0.0547. The summed E-state index contributed by atoms with van der Waals surface area (Å²) in [5, 5.41) is 10.6. The topological polar surface area (TPSA) is 105 Å². The van der Waals surface area contributed by atoms with Gasteiger partial charge in [0.1, 0.15) is 12.8 Å². The number of hydrogen-bond donors (Lipinski definition) is 2. The van der Waals surface area contributed by atoms with Crippen LogP contribution in [0.5, 0.6) is 0 Å². The molecule has 6 heteroatoms. The molecule has 0 fully saturated rings. The molecule has 0 aliphatic heterocycles. The van der Waals surface area contributed by atoms with Crippen LogP contribution in [0.4, 0.5) is 0 Å². The Morgan fingerprint density at radius 3 is 3.20 bits per heavy atom. The van der Waals surface area contributed by atoms with E-state index >= 15 is 0 Å². The van der Waals surface area contributed by atoms with Gasteiger partial charge in [0.05, 0.1) is 12.1 Å².